The fraction of sp³-hybridized carbons (Fsp3) is 0.256. The Balaban J connectivity index is 1.32. The van der Waals surface area contributed by atoms with Crippen molar-refractivity contribution in [2.45, 2.75) is 25.8 Å². The SMILES string of the molecule is COc1cc(OC)c(Cl)c(-c2cc3cnc(Nc4ccncn4)nc3n(C(C)c3cccc(CC(=O)/C=C/C[N+](C)(C)CC4=C([N+](=O)[O-])N=CC4)c3)c2=O)c1. The number of quaternary nitrogens is 1. The molecule has 4 heterocycles. The highest BCUT2D eigenvalue weighted by atomic mass is 35.5. The first kappa shape index (κ1) is 38.4. The number of likely N-dealkylation sites (N-methyl/N-ethyl adjacent to an activating group) is 1. The molecule has 1 unspecified atom stereocenters. The average molecular weight is 765 g/mol. The van der Waals surface area contributed by atoms with E-state index < -0.39 is 11.0 Å². The minimum atomic E-state index is -0.565. The van der Waals surface area contributed by atoms with Crippen molar-refractivity contribution in [2.24, 2.45) is 4.99 Å². The fourth-order valence-corrected chi connectivity index (χ4v) is 6.69. The smallest absolute Gasteiger partial charge is 0.368 e. The number of methoxy groups -OCH3 is 2. The van der Waals surface area contributed by atoms with Crippen LogP contribution in [-0.2, 0) is 11.2 Å². The summed E-state index contributed by atoms with van der Waals surface area (Å²) in [5, 5.41) is 15.2. The number of aliphatic imine (C=N–C) groups is 1. The highest BCUT2D eigenvalue weighted by Crippen LogP contribution is 2.39. The third-order valence-electron chi connectivity index (χ3n) is 9.12. The van der Waals surface area contributed by atoms with Gasteiger partial charge in [-0.15, -0.1) is 0 Å². The van der Waals surface area contributed by atoms with Gasteiger partial charge in [-0.2, -0.15) is 4.98 Å². The third kappa shape index (κ3) is 8.74. The van der Waals surface area contributed by atoms with Crippen molar-refractivity contribution in [1.29, 1.82) is 0 Å². The first-order valence-electron chi connectivity index (χ1n) is 17.2. The Morgan fingerprint density at radius 3 is 2.67 bits per heavy atom. The zero-order valence-electron chi connectivity index (χ0n) is 30.9. The number of ether oxygens (including phenoxy) is 2. The van der Waals surface area contributed by atoms with E-state index in [1.807, 2.05) is 45.3 Å². The molecule has 2 aromatic carbocycles. The van der Waals surface area contributed by atoms with Gasteiger partial charge in [-0.25, -0.2) is 15.0 Å². The topological polar surface area (TPSA) is 177 Å². The monoisotopic (exact) mass is 764 g/mol. The lowest BCUT2D eigenvalue weighted by atomic mass is 10.00. The molecule has 1 aliphatic heterocycles. The molecule has 55 heavy (non-hydrogen) atoms. The summed E-state index contributed by atoms with van der Waals surface area (Å²) in [7, 11) is 6.89. The number of carbonyl (C=O) groups is 1. The zero-order valence-corrected chi connectivity index (χ0v) is 31.6. The van der Waals surface area contributed by atoms with E-state index in [0.29, 0.717) is 63.5 Å². The van der Waals surface area contributed by atoms with Gasteiger partial charge in [0.15, 0.2) is 5.78 Å². The first-order valence-corrected chi connectivity index (χ1v) is 17.6. The Bertz CT molecular complexity index is 2430. The lowest BCUT2D eigenvalue weighted by Gasteiger charge is -2.28. The molecule has 0 amide bonds. The maximum absolute atomic E-state index is 14.7. The second kappa shape index (κ2) is 16.4. The molecule has 282 valence electrons. The van der Waals surface area contributed by atoms with Gasteiger partial charge in [-0.05, 0) is 53.3 Å². The molecule has 0 bridgehead atoms. The predicted molar refractivity (Wildman–Crippen MR) is 210 cm³/mol. The summed E-state index contributed by atoms with van der Waals surface area (Å²) in [5.74, 6) is 1.28. The van der Waals surface area contributed by atoms with Crippen LogP contribution in [0.5, 0.6) is 11.5 Å². The Kier molecular flexibility index (Phi) is 11.4. The molecule has 0 saturated heterocycles. The van der Waals surface area contributed by atoms with Crippen LogP contribution in [0.3, 0.4) is 0 Å². The van der Waals surface area contributed by atoms with Gasteiger partial charge in [0.1, 0.15) is 42.1 Å². The Hall–Kier alpha value is -6.32. The molecule has 0 fully saturated rings. The van der Waals surface area contributed by atoms with Crippen molar-refractivity contribution >= 4 is 46.4 Å². The van der Waals surface area contributed by atoms with Crippen LogP contribution in [0.4, 0.5) is 11.8 Å². The third-order valence-corrected chi connectivity index (χ3v) is 9.51. The van der Waals surface area contributed by atoms with E-state index >= 15 is 0 Å². The van der Waals surface area contributed by atoms with E-state index in [1.165, 1.54) is 20.5 Å². The van der Waals surface area contributed by atoms with Gasteiger partial charge in [-0.1, -0.05) is 40.9 Å². The van der Waals surface area contributed by atoms with Crippen LogP contribution in [0.25, 0.3) is 22.2 Å². The van der Waals surface area contributed by atoms with Crippen LogP contribution in [0.1, 0.15) is 30.5 Å². The van der Waals surface area contributed by atoms with Crippen LogP contribution in [0.2, 0.25) is 5.02 Å². The summed E-state index contributed by atoms with van der Waals surface area (Å²) in [5.41, 5.74) is 2.85. The molecule has 0 spiro atoms. The van der Waals surface area contributed by atoms with Gasteiger partial charge < -0.3 is 29.4 Å². The number of fused-ring (bicyclic) bond motifs is 1. The Labute approximate surface area is 321 Å². The summed E-state index contributed by atoms with van der Waals surface area (Å²) in [6, 6.07) is 13.6. The van der Waals surface area contributed by atoms with Crippen molar-refractivity contribution in [3.63, 3.8) is 0 Å². The van der Waals surface area contributed by atoms with E-state index in [1.54, 1.807) is 59.6 Å². The number of rotatable bonds is 15. The van der Waals surface area contributed by atoms with Crippen molar-refractivity contribution in [1.82, 2.24) is 24.5 Å². The number of ketones is 1. The van der Waals surface area contributed by atoms with Crippen LogP contribution in [-0.4, -0.2) is 87.3 Å². The number of hydrogen-bond donors (Lipinski definition) is 1. The molecule has 15 nitrogen and oxygen atoms in total. The summed E-state index contributed by atoms with van der Waals surface area (Å²) >= 11 is 6.79. The summed E-state index contributed by atoms with van der Waals surface area (Å²) < 4.78 is 13.0. The number of pyridine rings is 1. The number of anilines is 2. The maximum atomic E-state index is 14.7. The molecule has 1 aliphatic rings. The predicted octanol–water partition coefficient (Wildman–Crippen LogP) is 5.98. The minimum Gasteiger partial charge on any atom is -0.497 e. The first-order chi connectivity index (χ1) is 26.4. The maximum Gasteiger partial charge on any atom is 0.368 e. The number of nitrogens with one attached hydrogen (secondary N) is 1. The van der Waals surface area contributed by atoms with E-state index in [2.05, 4.69) is 25.3 Å². The fourth-order valence-electron chi connectivity index (χ4n) is 6.41. The van der Waals surface area contributed by atoms with Gasteiger partial charge in [0.05, 0.1) is 51.5 Å². The van der Waals surface area contributed by atoms with Crippen LogP contribution < -0.4 is 20.3 Å². The number of nitro groups is 1. The number of carbonyl (C=O) groups excluding carboxylic acids is 1. The largest absolute Gasteiger partial charge is 0.497 e. The molecule has 6 rings (SSSR count). The molecule has 1 N–H and O–H groups in total. The van der Waals surface area contributed by atoms with Crippen LogP contribution in [0, 0.1) is 10.1 Å². The highest BCUT2D eigenvalue weighted by molar-refractivity contribution is 6.35. The average Bonchev–Trinajstić information content (AvgIpc) is 3.63. The molecule has 16 heteroatoms. The quantitative estimate of drug-likeness (QED) is 0.0574. The molecule has 5 aromatic rings. The summed E-state index contributed by atoms with van der Waals surface area (Å²) in [6.07, 6.45) is 10.0. The molecule has 0 radical (unpaired) electrons. The van der Waals surface area contributed by atoms with Crippen molar-refractivity contribution in [3.8, 4) is 22.6 Å². The van der Waals surface area contributed by atoms with E-state index in [-0.39, 0.29) is 40.1 Å². The number of benzene rings is 2. The summed E-state index contributed by atoms with van der Waals surface area (Å²) in [6.45, 7) is 2.81. The highest BCUT2D eigenvalue weighted by Gasteiger charge is 2.28. The van der Waals surface area contributed by atoms with E-state index in [4.69, 9.17) is 26.1 Å². The minimum absolute atomic E-state index is 0.0986. The van der Waals surface area contributed by atoms with E-state index in [9.17, 15) is 19.7 Å². The Morgan fingerprint density at radius 1 is 1.13 bits per heavy atom. The number of hydrogen-bond acceptors (Lipinski definition) is 12. The molecular weight excluding hydrogens is 726 g/mol. The van der Waals surface area contributed by atoms with Crippen LogP contribution in [0.15, 0.2) is 101 Å². The Morgan fingerprint density at radius 2 is 1.95 bits per heavy atom. The molecular formula is C39H39ClN9O6+. The second-order valence-electron chi connectivity index (χ2n) is 13.6. The van der Waals surface area contributed by atoms with Gasteiger partial charge in [0.2, 0.25) is 5.95 Å². The lowest BCUT2D eigenvalue weighted by Crippen LogP contribution is -2.41. The molecule has 0 saturated carbocycles. The van der Waals surface area contributed by atoms with E-state index in [0.717, 1.165) is 11.1 Å². The lowest BCUT2D eigenvalue weighted by molar-refractivity contribution is -0.880. The number of halogens is 1. The van der Waals surface area contributed by atoms with Gasteiger partial charge in [-0.3, -0.25) is 14.2 Å². The molecule has 3 aromatic heterocycles. The second-order valence-corrected chi connectivity index (χ2v) is 13.9. The standard InChI is InChI=1S/C39H38ClN9O6/c1-24(26-9-6-8-25(16-26)17-29(50)10-7-15-49(2,3)22-27-11-14-42-36(27)48(52)53)47-37-28(21-43-39(46-37)45-34-12-13-41-23-44-34)18-32(38(47)51)31-19-30(54-4)20-33(55-5)35(31)40/h6-10,12-14,16,18-21,23-24H,11,15,17,22H2,1-5H3/p+1/b10-7+. The number of aromatic nitrogens is 5. The molecule has 1 atom stereocenters. The van der Waals surface area contributed by atoms with Gasteiger partial charge in [0.25, 0.3) is 5.56 Å². The van der Waals surface area contributed by atoms with Crippen molar-refractivity contribution < 1.29 is 23.7 Å². The van der Waals surface area contributed by atoms with Crippen molar-refractivity contribution in [3.05, 3.63) is 127 Å². The number of allylic oxidation sites excluding steroid dienone is 1. The van der Waals surface area contributed by atoms with Gasteiger partial charge >= 0.3 is 5.82 Å². The summed E-state index contributed by atoms with van der Waals surface area (Å²) in [4.78, 5) is 60.0. The van der Waals surface area contributed by atoms with Crippen LogP contribution >= 0.6 is 11.6 Å². The van der Waals surface area contributed by atoms with Gasteiger partial charge in [0, 0.05) is 47.8 Å². The number of nitrogens with zero attached hydrogens (tertiary/aromatic N) is 8. The molecule has 0 aliphatic carbocycles. The zero-order chi connectivity index (χ0) is 39.3. The van der Waals surface area contributed by atoms with Crippen molar-refractivity contribution in [2.75, 3.05) is 46.7 Å². The normalized spacial score (nSPS) is 13.4.